The third-order valence-corrected chi connectivity index (χ3v) is 5.72. The van der Waals surface area contributed by atoms with Crippen LogP contribution in [0.3, 0.4) is 0 Å². The molecule has 0 saturated carbocycles. The predicted octanol–water partition coefficient (Wildman–Crippen LogP) is 4.02. The number of carboxylic acid groups (broad SMARTS) is 1. The molecular weight excluding hydrogens is 560 g/mol. The Bertz CT molecular complexity index is 1710. The molecule has 11 nitrogen and oxygen atoms in total. The van der Waals surface area contributed by atoms with Crippen LogP contribution in [-0.2, 0) is 16.7 Å². The number of amides is 2. The van der Waals surface area contributed by atoms with Gasteiger partial charge in [0.1, 0.15) is 5.84 Å². The smallest absolute Gasteiger partial charge is 0.336 e. The van der Waals surface area contributed by atoms with Gasteiger partial charge in [0.25, 0.3) is 21.9 Å². The third kappa shape index (κ3) is 9.11. The molecule has 0 radical (unpaired) electrons. The molecule has 0 aliphatic carbocycles. The van der Waals surface area contributed by atoms with E-state index in [-0.39, 0.29) is 22.5 Å². The minimum absolute atomic E-state index is 0.0818. The molecule has 0 aliphatic rings. The van der Waals surface area contributed by atoms with Crippen molar-refractivity contribution in [3.8, 4) is 11.1 Å². The van der Waals surface area contributed by atoms with E-state index in [0.717, 1.165) is 5.56 Å². The van der Waals surface area contributed by atoms with Crippen LogP contribution in [-0.4, -0.2) is 48.0 Å². The lowest BCUT2D eigenvalue weighted by Gasteiger charge is -2.14. The van der Waals surface area contributed by atoms with Gasteiger partial charge in [0, 0.05) is 28.9 Å². The number of nitrogens with two attached hydrogens (primary N) is 1. The lowest BCUT2D eigenvalue weighted by Crippen LogP contribution is -2.23. The average molecular weight is 589 g/mol. The Kier molecular flexibility index (Phi) is 10.3. The lowest BCUT2D eigenvalue weighted by atomic mass is 9.93. The van der Waals surface area contributed by atoms with Gasteiger partial charge in [0.05, 0.1) is 11.8 Å². The Balaban J connectivity index is 0.000000892. The van der Waals surface area contributed by atoms with Crippen LogP contribution in [0.5, 0.6) is 0 Å². The number of benzene rings is 4. The zero-order chi connectivity index (χ0) is 30.9. The van der Waals surface area contributed by atoms with Crippen molar-refractivity contribution in [1.82, 2.24) is 5.32 Å². The minimum Gasteiger partial charge on any atom is -0.478 e. The molecule has 0 bridgehead atoms. The number of nitrogen functional groups attached to an aromatic ring is 1. The molecule has 2 amide bonds. The number of anilines is 1. The van der Waals surface area contributed by atoms with E-state index in [4.69, 9.17) is 15.7 Å². The summed E-state index contributed by atoms with van der Waals surface area (Å²) in [7, 11) is -3.67. The van der Waals surface area contributed by atoms with Gasteiger partial charge >= 0.3 is 5.97 Å². The van der Waals surface area contributed by atoms with Gasteiger partial charge in [-0.25, -0.2) is 4.79 Å². The summed E-state index contributed by atoms with van der Waals surface area (Å²) in [6.45, 7) is 0.306. The normalized spacial score (nSPS) is 10.5. The van der Waals surface area contributed by atoms with Crippen LogP contribution in [0.4, 0.5) is 5.69 Å². The Morgan fingerprint density at radius 1 is 0.786 bits per heavy atom. The van der Waals surface area contributed by atoms with Crippen molar-refractivity contribution >= 4 is 39.4 Å². The van der Waals surface area contributed by atoms with E-state index in [1.54, 1.807) is 48.5 Å². The van der Waals surface area contributed by atoms with Crippen LogP contribution in [0.25, 0.3) is 11.1 Å². The summed E-state index contributed by atoms with van der Waals surface area (Å²) in [5.74, 6) is -2.14. The standard InChI is InChI=1S/C29H24N4O4.CH4O3S/c30-26(31)19-10-13-21(14-11-19)33-28(35)24-9-5-4-8-22(24)23-15-12-20(16-25(23)29(36)37)27(34)32-17-18-6-2-1-3-7-18;1-5(2,3)4/h1-16H,17H2,(H3,30,31)(H,32,34)(H,33,35)(H,36,37);1H3,(H,2,3,4). The van der Waals surface area contributed by atoms with Crippen LogP contribution in [0.15, 0.2) is 97.1 Å². The summed E-state index contributed by atoms with van der Waals surface area (Å²) in [5.41, 5.74) is 8.50. The van der Waals surface area contributed by atoms with E-state index in [9.17, 15) is 27.9 Å². The number of carbonyl (C=O) groups is 3. The molecule has 7 N–H and O–H groups in total. The summed E-state index contributed by atoms with van der Waals surface area (Å²) in [6.07, 6.45) is 0.715. The Morgan fingerprint density at radius 2 is 1.33 bits per heavy atom. The first-order valence-electron chi connectivity index (χ1n) is 12.3. The fourth-order valence-corrected chi connectivity index (χ4v) is 3.83. The van der Waals surface area contributed by atoms with Crippen LogP contribution >= 0.6 is 0 Å². The van der Waals surface area contributed by atoms with Crippen molar-refractivity contribution < 1.29 is 32.5 Å². The maximum absolute atomic E-state index is 13.1. The molecule has 0 aromatic heterocycles. The highest BCUT2D eigenvalue weighted by Gasteiger charge is 2.20. The first kappa shape index (κ1) is 31.2. The zero-order valence-corrected chi connectivity index (χ0v) is 23.2. The molecule has 4 rings (SSSR count). The average Bonchev–Trinajstić information content (AvgIpc) is 2.95. The number of hydrogen-bond donors (Lipinski definition) is 6. The van der Waals surface area contributed by atoms with E-state index in [1.807, 2.05) is 30.3 Å². The van der Waals surface area contributed by atoms with Crippen LogP contribution in [0.2, 0.25) is 0 Å². The fourth-order valence-electron chi connectivity index (χ4n) is 3.83. The van der Waals surface area contributed by atoms with Gasteiger partial charge in [-0.1, -0.05) is 54.6 Å². The Hall–Kier alpha value is -5.33. The fraction of sp³-hybridized carbons (Fsp3) is 0.0667. The number of nitrogens with one attached hydrogen (secondary N) is 3. The quantitative estimate of drug-likeness (QED) is 0.101. The van der Waals surface area contributed by atoms with Crippen molar-refractivity contribution in [2.75, 3.05) is 11.6 Å². The summed E-state index contributed by atoms with van der Waals surface area (Å²) in [4.78, 5) is 38.0. The lowest BCUT2D eigenvalue weighted by molar-refractivity contribution is 0.0697. The number of hydrogen-bond acceptors (Lipinski definition) is 6. The van der Waals surface area contributed by atoms with Gasteiger partial charge in [-0.3, -0.25) is 19.6 Å². The molecule has 216 valence electrons. The van der Waals surface area contributed by atoms with Crippen molar-refractivity contribution in [3.63, 3.8) is 0 Å². The van der Waals surface area contributed by atoms with Gasteiger partial charge in [-0.2, -0.15) is 8.42 Å². The highest BCUT2D eigenvalue weighted by Crippen LogP contribution is 2.29. The Morgan fingerprint density at radius 3 is 1.93 bits per heavy atom. The van der Waals surface area contributed by atoms with Gasteiger partial charge in [-0.05, 0) is 59.2 Å². The minimum atomic E-state index is -3.67. The van der Waals surface area contributed by atoms with Crippen molar-refractivity contribution in [2.24, 2.45) is 5.73 Å². The van der Waals surface area contributed by atoms with Gasteiger partial charge in [-0.15, -0.1) is 0 Å². The molecular formula is C30H28N4O7S. The maximum atomic E-state index is 13.1. The molecule has 0 fully saturated rings. The summed E-state index contributed by atoms with van der Waals surface area (Å²) in [5, 5.41) is 23.0. The highest BCUT2D eigenvalue weighted by atomic mass is 32.2. The largest absolute Gasteiger partial charge is 0.478 e. The number of amidine groups is 1. The number of carboxylic acids is 1. The van der Waals surface area contributed by atoms with E-state index < -0.39 is 27.9 Å². The first-order valence-corrected chi connectivity index (χ1v) is 14.2. The topological polar surface area (TPSA) is 200 Å². The predicted molar refractivity (Wildman–Crippen MR) is 159 cm³/mol. The first-order chi connectivity index (χ1) is 19.8. The summed E-state index contributed by atoms with van der Waals surface area (Å²) >= 11 is 0. The zero-order valence-electron chi connectivity index (χ0n) is 22.4. The van der Waals surface area contributed by atoms with E-state index in [2.05, 4.69) is 10.6 Å². The van der Waals surface area contributed by atoms with Crippen LogP contribution in [0, 0.1) is 5.41 Å². The Labute approximate surface area is 242 Å². The number of rotatable bonds is 8. The summed E-state index contributed by atoms with van der Waals surface area (Å²) in [6, 6.07) is 26.9. The maximum Gasteiger partial charge on any atom is 0.336 e. The second-order valence-electron chi connectivity index (χ2n) is 8.96. The SMILES string of the molecule is CS(=O)(=O)O.N=C(N)c1ccc(NC(=O)c2ccccc2-c2ccc(C(=O)NCc3ccccc3)cc2C(=O)O)cc1. The van der Waals surface area contributed by atoms with Gasteiger partial charge < -0.3 is 21.5 Å². The van der Waals surface area contributed by atoms with Crippen molar-refractivity contribution in [1.29, 1.82) is 5.41 Å². The highest BCUT2D eigenvalue weighted by molar-refractivity contribution is 7.85. The number of carbonyl (C=O) groups excluding carboxylic acids is 2. The molecule has 0 heterocycles. The van der Waals surface area contributed by atoms with Gasteiger partial charge in [0.15, 0.2) is 0 Å². The molecule has 42 heavy (non-hydrogen) atoms. The van der Waals surface area contributed by atoms with Crippen LogP contribution < -0.4 is 16.4 Å². The second kappa shape index (κ2) is 13.8. The molecule has 12 heteroatoms. The van der Waals surface area contributed by atoms with Crippen LogP contribution in [0.1, 0.15) is 42.2 Å². The van der Waals surface area contributed by atoms with E-state index in [0.29, 0.717) is 35.2 Å². The molecule has 0 saturated heterocycles. The monoisotopic (exact) mass is 588 g/mol. The van der Waals surface area contributed by atoms with Crippen molar-refractivity contribution in [3.05, 3.63) is 125 Å². The molecule has 4 aromatic carbocycles. The molecule has 0 atom stereocenters. The van der Waals surface area contributed by atoms with E-state index >= 15 is 0 Å². The molecule has 0 aliphatic heterocycles. The van der Waals surface area contributed by atoms with E-state index in [1.165, 1.54) is 18.2 Å². The third-order valence-electron chi connectivity index (χ3n) is 5.72. The van der Waals surface area contributed by atoms with Crippen molar-refractivity contribution in [2.45, 2.75) is 6.54 Å². The van der Waals surface area contributed by atoms with Gasteiger partial charge in [0.2, 0.25) is 0 Å². The number of aromatic carboxylic acids is 1. The molecule has 0 spiro atoms. The molecule has 0 unspecified atom stereocenters. The second-order valence-corrected chi connectivity index (χ2v) is 10.4. The summed E-state index contributed by atoms with van der Waals surface area (Å²) < 4.78 is 25.9. The molecule has 4 aromatic rings.